The Bertz CT molecular complexity index is 664. The number of nitrogens with one attached hydrogen (secondary N) is 1. The molecular weight excluding hydrogens is 272 g/mol. The molecule has 2 aromatic heterocycles. The zero-order valence-electron chi connectivity index (χ0n) is 11.3. The van der Waals surface area contributed by atoms with Gasteiger partial charge in [-0.15, -0.1) is 0 Å². The SMILES string of the molecule is Cn1cc(C(NC(=O)/C=C/c2cccnc2)C(=O)O)cn1. The number of hydrogen-bond acceptors (Lipinski definition) is 4. The molecule has 0 saturated heterocycles. The number of hydrogen-bond donors (Lipinski definition) is 2. The first-order chi connectivity index (χ1) is 10.1. The Hall–Kier alpha value is -2.96. The lowest BCUT2D eigenvalue weighted by Crippen LogP contribution is -2.32. The van der Waals surface area contributed by atoms with Gasteiger partial charge in [-0.3, -0.25) is 14.5 Å². The zero-order chi connectivity index (χ0) is 15.2. The fraction of sp³-hybridized carbons (Fsp3) is 0.143. The molecule has 0 saturated carbocycles. The van der Waals surface area contributed by atoms with Crippen molar-refractivity contribution in [2.75, 3.05) is 0 Å². The number of carboxylic acids is 1. The van der Waals surface area contributed by atoms with E-state index in [-0.39, 0.29) is 0 Å². The van der Waals surface area contributed by atoms with Gasteiger partial charge in [-0.05, 0) is 17.7 Å². The maximum Gasteiger partial charge on any atom is 0.331 e. The molecule has 2 rings (SSSR count). The highest BCUT2D eigenvalue weighted by Crippen LogP contribution is 2.12. The van der Waals surface area contributed by atoms with Crippen molar-refractivity contribution in [3.8, 4) is 0 Å². The summed E-state index contributed by atoms with van der Waals surface area (Å²) in [6.07, 6.45) is 9.00. The standard InChI is InChI=1S/C14H14N4O3/c1-18-9-11(8-16-18)13(14(20)21)17-12(19)5-4-10-3-2-6-15-7-10/h2-9,13H,1H3,(H,17,19)(H,20,21)/b5-4+. The first kappa shape index (κ1) is 14.4. The number of carbonyl (C=O) groups excluding carboxylic acids is 1. The van der Waals surface area contributed by atoms with E-state index in [0.717, 1.165) is 5.56 Å². The molecule has 0 fully saturated rings. The second-order valence-corrected chi connectivity index (χ2v) is 4.35. The Labute approximate surface area is 120 Å². The van der Waals surface area contributed by atoms with Gasteiger partial charge in [0.2, 0.25) is 5.91 Å². The number of aromatic nitrogens is 3. The van der Waals surface area contributed by atoms with Crippen LogP contribution in [0.25, 0.3) is 6.08 Å². The Morgan fingerprint density at radius 2 is 2.24 bits per heavy atom. The zero-order valence-corrected chi connectivity index (χ0v) is 11.3. The summed E-state index contributed by atoms with van der Waals surface area (Å²) in [5, 5.41) is 15.5. The molecule has 7 heteroatoms. The van der Waals surface area contributed by atoms with Gasteiger partial charge in [0.15, 0.2) is 6.04 Å². The fourth-order valence-electron chi connectivity index (χ4n) is 1.71. The van der Waals surface area contributed by atoms with Crippen LogP contribution in [0.3, 0.4) is 0 Å². The van der Waals surface area contributed by atoms with E-state index in [1.54, 1.807) is 43.8 Å². The van der Waals surface area contributed by atoms with E-state index in [2.05, 4.69) is 15.4 Å². The van der Waals surface area contributed by atoms with Gasteiger partial charge in [0.05, 0.1) is 6.20 Å². The predicted octanol–water partition coefficient (Wildman–Crippen LogP) is 0.770. The molecule has 1 amide bonds. The molecule has 0 aliphatic carbocycles. The normalized spacial score (nSPS) is 12.2. The van der Waals surface area contributed by atoms with Crippen molar-refractivity contribution < 1.29 is 14.7 Å². The minimum absolute atomic E-state index is 0.410. The number of aryl methyl sites for hydroxylation is 1. The van der Waals surface area contributed by atoms with Gasteiger partial charge in [0.25, 0.3) is 0 Å². The second-order valence-electron chi connectivity index (χ2n) is 4.35. The van der Waals surface area contributed by atoms with E-state index in [9.17, 15) is 14.7 Å². The maximum absolute atomic E-state index is 11.8. The molecule has 0 bridgehead atoms. The molecular formula is C14H14N4O3. The summed E-state index contributed by atoms with van der Waals surface area (Å²) in [5.41, 5.74) is 1.16. The van der Waals surface area contributed by atoms with Crippen LogP contribution in [0, 0.1) is 0 Å². The second kappa shape index (κ2) is 6.47. The Balaban J connectivity index is 2.05. The van der Waals surface area contributed by atoms with Crippen LogP contribution in [-0.2, 0) is 16.6 Å². The third kappa shape index (κ3) is 4.00. The highest BCUT2D eigenvalue weighted by Gasteiger charge is 2.22. The van der Waals surface area contributed by atoms with Crippen LogP contribution >= 0.6 is 0 Å². The summed E-state index contributed by atoms with van der Waals surface area (Å²) < 4.78 is 1.48. The number of carbonyl (C=O) groups is 2. The summed E-state index contributed by atoms with van der Waals surface area (Å²) in [5.74, 6) is -1.65. The number of carboxylic acid groups (broad SMARTS) is 1. The quantitative estimate of drug-likeness (QED) is 0.791. The minimum Gasteiger partial charge on any atom is -0.479 e. The van der Waals surface area contributed by atoms with Gasteiger partial charge >= 0.3 is 5.97 Å². The van der Waals surface area contributed by atoms with Crippen molar-refractivity contribution in [1.82, 2.24) is 20.1 Å². The molecule has 7 nitrogen and oxygen atoms in total. The summed E-state index contributed by atoms with van der Waals surface area (Å²) in [6, 6.07) is 2.39. The minimum atomic E-state index is -1.15. The molecule has 108 valence electrons. The number of nitrogens with zero attached hydrogens (tertiary/aromatic N) is 3. The number of amides is 1. The Morgan fingerprint density at radius 3 is 2.81 bits per heavy atom. The predicted molar refractivity (Wildman–Crippen MR) is 75.0 cm³/mol. The van der Waals surface area contributed by atoms with Gasteiger partial charge < -0.3 is 10.4 Å². The van der Waals surface area contributed by atoms with Crippen molar-refractivity contribution in [3.63, 3.8) is 0 Å². The van der Waals surface area contributed by atoms with Crippen molar-refractivity contribution in [3.05, 3.63) is 54.1 Å². The van der Waals surface area contributed by atoms with Crippen LogP contribution in [0.5, 0.6) is 0 Å². The lowest BCUT2D eigenvalue weighted by atomic mass is 10.1. The van der Waals surface area contributed by atoms with Crippen LogP contribution in [0.2, 0.25) is 0 Å². The topological polar surface area (TPSA) is 97.1 Å². The molecule has 0 aliphatic rings. The van der Waals surface area contributed by atoms with Crippen LogP contribution in [0.1, 0.15) is 17.2 Å². The van der Waals surface area contributed by atoms with E-state index in [1.807, 2.05) is 0 Å². The van der Waals surface area contributed by atoms with Gasteiger partial charge in [-0.1, -0.05) is 6.07 Å². The van der Waals surface area contributed by atoms with E-state index in [4.69, 9.17) is 0 Å². The van der Waals surface area contributed by atoms with Crippen molar-refractivity contribution in [2.24, 2.45) is 7.05 Å². The molecule has 21 heavy (non-hydrogen) atoms. The van der Waals surface area contributed by atoms with Crippen LogP contribution in [-0.4, -0.2) is 31.7 Å². The monoisotopic (exact) mass is 286 g/mol. The number of rotatable bonds is 5. The molecule has 1 unspecified atom stereocenters. The van der Waals surface area contributed by atoms with E-state index < -0.39 is 17.9 Å². The Kier molecular flexibility index (Phi) is 4.45. The highest BCUT2D eigenvalue weighted by molar-refractivity contribution is 5.94. The van der Waals surface area contributed by atoms with E-state index >= 15 is 0 Å². The van der Waals surface area contributed by atoms with Crippen molar-refractivity contribution >= 4 is 18.0 Å². The average Bonchev–Trinajstić information content (AvgIpc) is 2.89. The summed E-state index contributed by atoms with van der Waals surface area (Å²) >= 11 is 0. The van der Waals surface area contributed by atoms with Crippen molar-refractivity contribution in [1.29, 1.82) is 0 Å². The first-order valence-electron chi connectivity index (χ1n) is 6.16. The van der Waals surface area contributed by atoms with Crippen molar-refractivity contribution in [2.45, 2.75) is 6.04 Å². The molecule has 0 aromatic carbocycles. The lowest BCUT2D eigenvalue weighted by Gasteiger charge is -2.10. The molecule has 2 heterocycles. The third-order valence-corrected chi connectivity index (χ3v) is 2.70. The average molecular weight is 286 g/mol. The molecule has 0 radical (unpaired) electrons. The molecule has 1 atom stereocenters. The molecule has 0 spiro atoms. The van der Waals surface area contributed by atoms with Gasteiger partial charge in [-0.2, -0.15) is 5.10 Å². The third-order valence-electron chi connectivity index (χ3n) is 2.70. The van der Waals surface area contributed by atoms with E-state index in [0.29, 0.717) is 5.56 Å². The number of aliphatic carboxylic acids is 1. The highest BCUT2D eigenvalue weighted by atomic mass is 16.4. The van der Waals surface area contributed by atoms with Gasteiger partial charge in [0, 0.05) is 37.3 Å². The molecule has 2 N–H and O–H groups in total. The molecule has 2 aromatic rings. The summed E-state index contributed by atoms with van der Waals surface area (Å²) in [6.45, 7) is 0. The van der Waals surface area contributed by atoms with Gasteiger partial charge in [-0.25, -0.2) is 4.79 Å². The van der Waals surface area contributed by atoms with Crippen LogP contribution < -0.4 is 5.32 Å². The van der Waals surface area contributed by atoms with E-state index in [1.165, 1.54) is 17.0 Å². The lowest BCUT2D eigenvalue weighted by molar-refractivity contribution is -0.141. The van der Waals surface area contributed by atoms with Crippen LogP contribution in [0.15, 0.2) is 43.0 Å². The maximum atomic E-state index is 11.8. The largest absolute Gasteiger partial charge is 0.479 e. The number of pyridine rings is 1. The van der Waals surface area contributed by atoms with Crippen LogP contribution in [0.4, 0.5) is 0 Å². The summed E-state index contributed by atoms with van der Waals surface area (Å²) in [4.78, 5) is 26.9. The fourth-order valence-corrected chi connectivity index (χ4v) is 1.71. The molecule has 0 aliphatic heterocycles. The van der Waals surface area contributed by atoms with Gasteiger partial charge in [0.1, 0.15) is 0 Å². The smallest absolute Gasteiger partial charge is 0.331 e. The summed E-state index contributed by atoms with van der Waals surface area (Å²) in [7, 11) is 1.67. The Morgan fingerprint density at radius 1 is 1.43 bits per heavy atom. The first-order valence-corrected chi connectivity index (χ1v) is 6.16.